The van der Waals surface area contributed by atoms with Gasteiger partial charge in [-0.25, -0.2) is 13.9 Å². The number of aromatic nitrogens is 2. The van der Waals surface area contributed by atoms with Gasteiger partial charge in [-0.05, 0) is 86.3 Å². The first kappa shape index (κ1) is 30.2. The summed E-state index contributed by atoms with van der Waals surface area (Å²) in [6.07, 6.45) is 2.00. The van der Waals surface area contributed by atoms with Crippen LogP contribution in [0.25, 0.3) is 5.69 Å². The highest BCUT2D eigenvalue weighted by Gasteiger charge is 2.31. The van der Waals surface area contributed by atoms with Crippen molar-refractivity contribution >= 4 is 23.3 Å². The van der Waals surface area contributed by atoms with Gasteiger partial charge < -0.3 is 10.6 Å². The van der Waals surface area contributed by atoms with Crippen molar-refractivity contribution in [3.8, 4) is 5.69 Å². The van der Waals surface area contributed by atoms with E-state index in [1.807, 2.05) is 61.5 Å². The van der Waals surface area contributed by atoms with Crippen LogP contribution in [0.2, 0.25) is 0 Å². The third kappa shape index (κ3) is 7.56. The SMILES string of the molecule is Cc1ccc(-n2nc(C(C)(C)C)cc2NC(=O)Nc2cccc(C(C(=O)Cc3ccc(F)cc3)C3CCNCC3)c2)cc1. The molecule has 1 aliphatic rings. The van der Waals surface area contributed by atoms with E-state index in [2.05, 4.69) is 36.7 Å². The van der Waals surface area contributed by atoms with E-state index in [0.29, 0.717) is 11.5 Å². The normalized spacial score (nSPS) is 14.7. The molecule has 1 aromatic heterocycles. The number of hydrogen-bond donors (Lipinski definition) is 3. The minimum Gasteiger partial charge on any atom is -0.317 e. The Morgan fingerprint density at radius 1 is 0.977 bits per heavy atom. The summed E-state index contributed by atoms with van der Waals surface area (Å²) in [5.41, 5.74) is 4.90. The van der Waals surface area contributed by atoms with Crippen molar-refractivity contribution in [3.63, 3.8) is 0 Å². The summed E-state index contributed by atoms with van der Waals surface area (Å²) in [5, 5.41) is 14.1. The van der Waals surface area contributed by atoms with Crippen molar-refractivity contribution in [2.45, 2.75) is 58.3 Å². The van der Waals surface area contributed by atoms with E-state index in [4.69, 9.17) is 5.10 Å². The highest BCUT2D eigenvalue weighted by molar-refractivity contribution is 5.99. The zero-order valence-corrected chi connectivity index (χ0v) is 25.3. The topological polar surface area (TPSA) is 88.1 Å². The Labute approximate surface area is 252 Å². The molecule has 1 unspecified atom stereocenters. The predicted octanol–water partition coefficient (Wildman–Crippen LogP) is 7.16. The number of rotatable bonds is 8. The lowest BCUT2D eigenvalue weighted by atomic mass is 9.76. The van der Waals surface area contributed by atoms with Crippen LogP contribution < -0.4 is 16.0 Å². The summed E-state index contributed by atoms with van der Waals surface area (Å²) in [6.45, 7) is 9.99. The second kappa shape index (κ2) is 12.9. The zero-order valence-electron chi connectivity index (χ0n) is 25.3. The first-order chi connectivity index (χ1) is 20.6. The minimum atomic E-state index is -0.401. The van der Waals surface area contributed by atoms with E-state index < -0.39 is 6.03 Å². The molecule has 224 valence electrons. The monoisotopic (exact) mass is 581 g/mol. The highest BCUT2D eigenvalue weighted by Crippen LogP contribution is 2.34. The fraction of sp³-hybridized carbons (Fsp3) is 0.343. The van der Waals surface area contributed by atoms with E-state index in [9.17, 15) is 14.0 Å². The summed E-state index contributed by atoms with van der Waals surface area (Å²) in [7, 11) is 0. The van der Waals surface area contributed by atoms with Crippen LogP contribution in [0.15, 0.2) is 78.9 Å². The number of benzene rings is 3. The van der Waals surface area contributed by atoms with Crippen molar-refractivity contribution in [1.29, 1.82) is 0 Å². The van der Waals surface area contributed by atoms with Gasteiger partial charge in [-0.3, -0.25) is 10.1 Å². The number of piperidine rings is 1. The van der Waals surface area contributed by atoms with Gasteiger partial charge in [0.15, 0.2) is 0 Å². The number of anilines is 2. The third-order valence-corrected chi connectivity index (χ3v) is 8.00. The second-order valence-electron chi connectivity index (χ2n) is 12.5. The summed E-state index contributed by atoms with van der Waals surface area (Å²) in [5.74, 6) is 0.188. The summed E-state index contributed by atoms with van der Waals surface area (Å²) in [6, 6.07) is 23.1. The lowest BCUT2D eigenvalue weighted by Crippen LogP contribution is -2.34. The van der Waals surface area contributed by atoms with Crippen molar-refractivity contribution < 1.29 is 14.0 Å². The molecule has 0 spiro atoms. The molecule has 43 heavy (non-hydrogen) atoms. The average molecular weight is 582 g/mol. The molecule has 0 saturated carbocycles. The van der Waals surface area contributed by atoms with E-state index in [1.165, 1.54) is 12.1 Å². The number of urea groups is 1. The predicted molar refractivity (Wildman–Crippen MR) is 170 cm³/mol. The molecule has 3 aromatic carbocycles. The Morgan fingerprint density at radius 2 is 1.67 bits per heavy atom. The van der Waals surface area contributed by atoms with E-state index in [0.717, 1.165) is 54.0 Å². The van der Waals surface area contributed by atoms with Crippen LogP contribution in [0.1, 0.15) is 61.9 Å². The van der Waals surface area contributed by atoms with Crippen molar-refractivity contribution in [2.24, 2.45) is 5.92 Å². The van der Waals surface area contributed by atoms with E-state index in [-0.39, 0.29) is 35.3 Å². The van der Waals surface area contributed by atoms with Crippen molar-refractivity contribution in [3.05, 3.63) is 107 Å². The molecule has 4 aromatic rings. The second-order valence-corrected chi connectivity index (χ2v) is 12.5. The Kier molecular flexibility index (Phi) is 9.06. The number of Topliss-reactive ketones (excluding diaryl/α,β-unsaturated/α-hetero) is 1. The van der Waals surface area contributed by atoms with Crippen LogP contribution in [0, 0.1) is 18.7 Å². The van der Waals surface area contributed by atoms with Crippen LogP contribution in [0.5, 0.6) is 0 Å². The summed E-state index contributed by atoms with van der Waals surface area (Å²) >= 11 is 0. The van der Waals surface area contributed by atoms with Gasteiger partial charge in [-0.15, -0.1) is 0 Å². The molecule has 3 N–H and O–H groups in total. The fourth-order valence-electron chi connectivity index (χ4n) is 5.62. The minimum absolute atomic E-state index is 0.0943. The number of carbonyl (C=O) groups is 2. The molecule has 1 fully saturated rings. The van der Waals surface area contributed by atoms with Gasteiger partial charge in [0, 0.05) is 29.5 Å². The quantitative estimate of drug-likeness (QED) is 0.206. The van der Waals surface area contributed by atoms with Gasteiger partial charge >= 0.3 is 6.03 Å². The fourth-order valence-corrected chi connectivity index (χ4v) is 5.62. The van der Waals surface area contributed by atoms with Crippen LogP contribution in [-0.2, 0) is 16.6 Å². The number of carbonyl (C=O) groups excluding carboxylic acids is 2. The molecule has 1 saturated heterocycles. The summed E-state index contributed by atoms with van der Waals surface area (Å²) < 4.78 is 15.2. The lowest BCUT2D eigenvalue weighted by molar-refractivity contribution is -0.121. The van der Waals surface area contributed by atoms with Crippen molar-refractivity contribution in [2.75, 3.05) is 23.7 Å². The lowest BCUT2D eigenvalue weighted by Gasteiger charge is -2.30. The van der Waals surface area contributed by atoms with Crippen LogP contribution in [0.4, 0.5) is 20.7 Å². The van der Waals surface area contributed by atoms with Gasteiger partial charge in [0.1, 0.15) is 17.4 Å². The number of aryl methyl sites for hydroxylation is 1. The van der Waals surface area contributed by atoms with Gasteiger partial charge in [0.2, 0.25) is 0 Å². The number of hydrogen-bond acceptors (Lipinski definition) is 4. The number of nitrogens with zero attached hydrogens (tertiary/aromatic N) is 2. The molecule has 8 heteroatoms. The Balaban J connectivity index is 1.37. The Bertz CT molecular complexity index is 1570. The number of nitrogens with one attached hydrogen (secondary N) is 3. The largest absolute Gasteiger partial charge is 0.324 e. The zero-order chi connectivity index (χ0) is 30.6. The van der Waals surface area contributed by atoms with E-state index in [1.54, 1.807) is 16.8 Å². The molecule has 2 amide bonds. The third-order valence-electron chi connectivity index (χ3n) is 8.00. The maximum absolute atomic E-state index is 13.7. The highest BCUT2D eigenvalue weighted by atomic mass is 19.1. The van der Waals surface area contributed by atoms with Crippen molar-refractivity contribution in [1.82, 2.24) is 15.1 Å². The molecule has 5 rings (SSSR count). The molecular weight excluding hydrogens is 541 g/mol. The maximum Gasteiger partial charge on any atom is 0.324 e. The molecule has 2 heterocycles. The maximum atomic E-state index is 13.7. The Morgan fingerprint density at radius 3 is 2.35 bits per heavy atom. The number of amides is 2. The Hall–Kier alpha value is -4.30. The first-order valence-corrected chi connectivity index (χ1v) is 14.9. The molecule has 7 nitrogen and oxygen atoms in total. The van der Waals surface area contributed by atoms with Crippen LogP contribution in [0.3, 0.4) is 0 Å². The van der Waals surface area contributed by atoms with Gasteiger partial charge in [-0.1, -0.05) is 62.7 Å². The molecule has 0 bridgehead atoms. The molecule has 0 aliphatic carbocycles. The summed E-state index contributed by atoms with van der Waals surface area (Å²) in [4.78, 5) is 27.0. The van der Waals surface area contributed by atoms with Crippen LogP contribution in [-0.4, -0.2) is 34.7 Å². The van der Waals surface area contributed by atoms with E-state index >= 15 is 0 Å². The molecule has 1 aliphatic heterocycles. The number of halogens is 1. The van der Waals surface area contributed by atoms with Gasteiger partial charge in [0.25, 0.3) is 0 Å². The molecule has 1 atom stereocenters. The number of ketones is 1. The average Bonchev–Trinajstić information content (AvgIpc) is 3.40. The van der Waals surface area contributed by atoms with Gasteiger partial charge in [0.05, 0.1) is 11.4 Å². The molecule has 0 radical (unpaired) electrons. The standard InChI is InChI=1S/C35H40FN5O2/c1-23-8-14-29(15-9-23)41-32(22-31(40-41)35(2,3)4)39-34(43)38-28-7-5-6-26(21-28)33(25-16-18-37-19-17-25)30(42)20-24-10-12-27(36)13-11-24/h5-15,21-22,25,33,37H,16-20H2,1-4H3,(H2,38,39,43). The van der Waals surface area contributed by atoms with Gasteiger partial charge in [-0.2, -0.15) is 5.10 Å². The van der Waals surface area contributed by atoms with Crippen LogP contribution >= 0.6 is 0 Å². The smallest absolute Gasteiger partial charge is 0.317 e. The molecular formula is C35H40FN5O2. The first-order valence-electron chi connectivity index (χ1n) is 14.9.